The molecular weight excluding hydrogens is 399 g/mol. The lowest BCUT2D eigenvalue weighted by Crippen LogP contribution is -2.68. The summed E-state index contributed by atoms with van der Waals surface area (Å²) in [6, 6.07) is 0. The molecule has 0 bridgehead atoms. The van der Waals surface area contributed by atoms with Crippen molar-refractivity contribution in [1.82, 2.24) is 0 Å². The zero-order chi connectivity index (χ0) is 23.0. The van der Waals surface area contributed by atoms with E-state index in [9.17, 15) is 24.6 Å². The molecule has 170 valence electrons. The molecule has 0 aromatic carbocycles. The van der Waals surface area contributed by atoms with Gasteiger partial charge in [-0.3, -0.25) is 14.4 Å². The number of carbonyl (C=O) groups is 3. The number of rotatable bonds is 4. The number of alkyl halides is 1. The number of carboxylic acids is 1. The van der Waals surface area contributed by atoms with Crippen LogP contribution in [0.3, 0.4) is 0 Å². The van der Waals surface area contributed by atoms with E-state index in [1.807, 2.05) is 13.8 Å². The summed E-state index contributed by atoms with van der Waals surface area (Å²) in [7, 11) is 0. The van der Waals surface area contributed by atoms with E-state index < -0.39 is 39.9 Å². The van der Waals surface area contributed by atoms with Gasteiger partial charge in [-0.05, 0) is 75.4 Å². The van der Waals surface area contributed by atoms with Crippen molar-refractivity contribution in [3.8, 4) is 0 Å². The van der Waals surface area contributed by atoms with Gasteiger partial charge in [0.2, 0.25) is 0 Å². The first-order valence-corrected chi connectivity index (χ1v) is 11.4. The van der Waals surface area contributed by atoms with Crippen LogP contribution in [0.15, 0.2) is 23.8 Å². The molecule has 3 fully saturated rings. The van der Waals surface area contributed by atoms with Crippen molar-refractivity contribution in [3.05, 3.63) is 23.8 Å². The lowest BCUT2D eigenvalue weighted by molar-refractivity contribution is -0.207. The molecule has 2 N–H and O–H groups in total. The molecule has 6 heteroatoms. The topological polar surface area (TPSA) is 91.7 Å². The Labute approximate surface area is 182 Å². The summed E-state index contributed by atoms with van der Waals surface area (Å²) < 4.78 is 17.1. The molecule has 5 nitrogen and oxygen atoms in total. The van der Waals surface area contributed by atoms with Crippen molar-refractivity contribution in [2.45, 2.75) is 78.0 Å². The number of aliphatic hydroxyl groups is 1. The number of aliphatic hydroxyl groups excluding tert-OH is 1. The van der Waals surface area contributed by atoms with Gasteiger partial charge in [0.25, 0.3) is 0 Å². The predicted molar refractivity (Wildman–Crippen MR) is 113 cm³/mol. The number of carbonyl (C=O) groups excluding carboxylic acids is 2. The average molecular weight is 433 g/mol. The normalized spacial score (nSPS) is 48.5. The Bertz CT molecular complexity index is 908. The summed E-state index contributed by atoms with van der Waals surface area (Å²) >= 11 is 0. The van der Waals surface area contributed by atoms with Crippen molar-refractivity contribution in [2.75, 3.05) is 0 Å². The van der Waals surface area contributed by atoms with E-state index in [0.29, 0.717) is 19.3 Å². The van der Waals surface area contributed by atoms with Crippen LogP contribution in [0, 0.1) is 34.0 Å². The lowest BCUT2D eigenvalue weighted by Gasteiger charge is -2.63. The standard InChI is InChI=1S/C25H33FO5/c1-14-11-19-18-6-5-16-12-17(28)7-9-22(16,3)25(18,26)20(29)13-23(19,4)24(14,15(2)27)10-8-21(30)31/h7,9,12,14,18-20,29H,5-6,8,10-11,13H2,1-4H3,(H,30,31)/t14-,18-,19-,20-,22-,23-,24+,25-/m0/s1. The molecule has 0 radical (unpaired) electrons. The van der Waals surface area contributed by atoms with Gasteiger partial charge in [-0.15, -0.1) is 0 Å². The summed E-state index contributed by atoms with van der Waals surface area (Å²) in [5, 5.41) is 20.7. The molecule has 0 aromatic heterocycles. The minimum Gasteiger partial charge on any atom is -0.481 e. The van der Waals surface area contributed by atoms with Gasteiger partial charge in [0.1, 0.15) is 5.78 Å². The number of aliphatic carboxylic acids is 1. The Morgan fingerprint density at radius 3 is 2.55 bits per heavy atom. The van der Waals surface area contributed by atoms with Crippen LogP contribution < -0.4 is 0 Å². The van der Waals surface area contributed by atoms with Gasteiger partial charge in [-0.1, -0.05) is 25.5 Å². The Hall–Kier alpha value is -1.82. The number of ketones is 2. The Kier molecular flexibility index (Phi) is 4.94. The lowest BCUT2D eigenvalue weighted by atomic mass is 9.43. The van der Waals surface area contributed by atoms with E-state index >= 15 is 4.39 Å². The van der Waals surface area contributed by atoms with Gasteiger partial charge in [-0.25, -0.2) is 4.39 Å². The van der Waals surface area contributed by atoms with E-state index in [-0.39, 0.29) is 42.7 Å². The van der Waals surface area contributed by atoms with Gasteiger partial charge >= 0.3 is 5.97 Å². The van der Waals surface area contributed by atoms with E-state index in [1.54, 1.807) is 13.0 Å². The largest absolute Gasteiger partial charge is 0.481 e. The minimum absolute atomic E-state index is 0.0597. The molecule has 3 saturated carbocycles. The third-order valence-electron chi connectivity index (χ3n) is 9.86. The van der Waals surface area contributed by atoms with Crippen LogP contribution in [0.5, 0.6) is 0 Å². The van der Waals surface area contributed by atoms with Crippen LogP contribution in [-0.4, -0.2) is 39.5 Å². The zero-order valence-corrected chi connectivity index (χ0v) is 18.8. The summed E-state index contributed by atoms with van der Waals surface area (Å²) in [6.07, 6.45) is 5.16. The molecule has 4 aliphatic rings. The molecule has 0 amide bonds. The third kappa shape index (κ3) is 2.60. The van der Waals surface area contributed by atoms with Crippen molar-refractivity contribution in [2.24, 2.45) is 34.0 Å². The highest BCUT2D eigenvalue weighted by atomic mass is 19.1. The van der Waals surface area contributed by atoms with Crippen LogP contribution in [0.25, 0.3) is 0 Å². The number of carboxylic acid groups (broad SMARTS) is 1. The maximum absolute atomic E-state index is 17.1. The average Bonchev–Trinajstić information content (AvgIpc) is 2.89. The highest BCUT2D eigenvalue weighted by Gasteiger charge is 2.74. The molecule has 4 rings (SSSR count). The first-order chi connectivity index (χ1) is 14.3. The predicted octanol–water partition coefficient (Wildman–Crippen LogP) is 4.04. The number of hydrogen-bond acceptors (Lipinski definition) is 4. The van der Waals surface area contributed by atoms with Crippen LogP contribution in [0.2, 0.25) is 0 Å². The van der Waals surface area contributed by atoms with E-state index in [1.165, 1.54) is 19.1 Å². The van der Waals surface area contributed by atoms with Gasteiger partial charge in [0, 0.05) is 23.2 Å². The monoisotopic (exact) mass is 432 g/mol. The third-order valence-corrected chi connectivity index (χ3v) is 9.86. The molecule has 0 saturated heterocycles. The van der Waals surface area contributed by atoms with Crippen molar-refractivity contribution in [3.63, 3.8) is 0 Å². The maximum Gasteiger partial charge on any atom is 0.303 e. The second-order valence-corrected chi connectivity index (χ2v) is 10.8. The number of Topliss-reactive ketones (excluding diaryl/α,β-unsaturated/α-hetero) is 1. The number of hydrogen-bond donors (Lipinski definition) is 2. The summed E-state index contributed by atoms with van der Waals surface area (Å²) in [4.78, 5) is 36.4. The maximum atomic E-state index is 17.1. The number of allylic oxidation sites excluding steroid dienone is 4. The van der Waals surface area contributed by atoms with Crippen LogP contribution in [0.4, 0.5) is 4.39 Å². The van der Waals surface area contributed by atoms with Crippen LogP contribution in [-0.2, 0) is 14.4 Å². The Morgan fingerprint density at radius 2 is 1.94 bits per heavy atom. The van der Waals surface area contributed by atoms with Gasteiger partial charge in [0.05, 0.1) is 6.10 Å². The fraction of sp³-hybridized carbons (Fsp3) is 0.720. The molecule has 0 aliphatic heterocycles. The van der Waals surface area contributed by atoms with Crippen molar-refractivity contribution in [1.29, 1.82) is 0 Å². The Balaban J connectivity index is 1.82. The van der Waals surface area contributed by atoms with Gasteiger partial charge in [0.15, 0.2) is 11.5 Å². The Morgan fingerprint density at radius 1 is 1.26 bits per heavy atom. The highest BCUT2D eigenvalue weighted by molar-refractivity contribution is 6.01. The number of halogens is 1. The van der Waals surface area contributed by atoms with E-state index in [0.717, 1.165) is 5.57 Å². The molecule has 0 spiro atoms. The molecule has 8 atom stereocenters. The molecule has 31 heavy (non-hydrogen) atoms. The molecule has 0 unspecified atom stereocenters. The molecule has 4 aliphatic carbocycles. The van der Waals surface area contributed by atoms with E-state index in [2.05, 4.69) is 0 Å². The fourth-order valence-electron chi connectivity index (χ4n) is 8.41. The minimum atomic E-state index is -1.93. The molecular formula is C25H33FO5. The second-order valence-electron chi connectivity index (χ2n) is 10.8. The zero-order valence-electron chi connectivity index (χ0n) is 18.8. The summed E-state index contributed by atoms with van der Waals surface area (Å²) in [5.74, 6) is -1.86. The quantitative estimate of drug-likeness (QED) is 0.699. The van der Waals surface area contributed by atoms with E-state index in [4.69, 9.17) is 0 Å². The smallest absolute Gasteiger partial charge is 0.303 e. The first-order valence-electron chi connectivity index (χ1n) is 11.4. The fourth-order valence-corrected chi connectivity index (χ4v) is 8.41. The summed E-state index contributed by atoms with van der Waals surface area (Å²) in [5.41, 5.74) is -3.84. The van der Waals surface area contributed by atoms with Crippen molar-refractivity contribution >= 4 is 17.5 Å². The second kappa shape index (κ2) is 6.84. The van der Waals surface area contributed by atoms with Gasteiger partial charge in [-0.2, -0.15) is 0 Å². The van der Waals surface area contributed by atoms with Crippen molar-refractivity contribution < 1.29 is 29.0 Å². The molecule has 0 aromatic rings. The first kappa shape index (κ1) is 22.4. The SMILES string of the molecule is CC(=O)[C@@]1(CCC(=O)O)[C@@H](C)C[C@H]2[C@@H]3CCC4=CC(=O)C=C[C@]4(C)[C@@]3(F)[C@@H](O)C[C@@]21C. The van der Waals surface area contributed by atoms with Crippen LogP contribution >= 0.6 is 0 Å². The van der Waals surface area contributed by atoms with Crippen LogP contribution in [0.1, 0.15) is 66.2 Å². The molecule has 0 heterocycles. The van der Waals surface area contributed by atoms with Gasteiger partial charge < -0.3 is 10.2 Å². The highest BCUT2D eigenvalue weighted by Crippen LogP contribution is 2.73. The number of fused-ring (bicyclic) bond motifs is 5. The summed E-state index contributed by atoms with van der Waals surface area (Å²) in [6.45, 7) is 7.25.